The first-order valence-corrected chi connectivity index (χ1v) is 14.6. The SMILES string of the molecule is CC(=O)N1CCN(C(=O)c2cccc(CSc3cnc(NC(=O)c4ccc(COCC(O)CO)cc4)s3)c2)CC1. The first-order valence-electron chi connectivity index (χ1n) is 12.8. The van der Waals surface area contributed by atoms with Gasteiger partial charge in [-0.3, -0.25) is 19.7 Å². The van der Waals surface area contributed by atoms with Gasteiger partial charge in [0.2, 0.25) is 5.91 Å². The molecule has 2 heterocycles. The number of thiazole rings is 1. The van der Waals surface area contributed by atoms with Crippen LogP contribution in [0.15, 0.2) is 58.9 Å². The van der Waals surface area contributed by atoms with Gasteiger partial charge in [-0.2, -0.15) is 0 Å². The predicted molar refractivity (Wildman–Crippen MR) is 153 cm³/mol. The second-order valence-corrected chi connectivity index (χ2v) is 11.6. The van der Waals surface area contributed by atoms with E-state index in [1.807, 2.05) is 24.3 Å². The van der Waals surface area contributed by atoms with E-state index in [1.54, 1.807) is 58.9 Å². The molecule has 40 heavy (non-hydrogen) atoms. The summed E-state index contributed by atoms with van der Waals surface area (Å²) in [6.07, 6.45) is 0.808. The van der Waals surface area contributed by atoms with Crippen LogP contribution in [-0.2, 0) is 21.9 Å². The molecule has 0 radical (unpaired) electrons. The number of aliphatic hydroxyl groups is 2. The van der Waals surface area contributed by atoms with E-state index in [9.17, 15) is 19.5 Å². The maximum Gasteiger partial charge on any atom is 0.257 e. The summed E-state index contributed by atoms with van der Waals surface area (Å²) in [5.41, 5.74) is 2.96. The molecule has 1 unspecified atom stereocenters. The molecule has 4 rings (SSSR count). The van der Waals surface area contributed by atoms with E-state index in [2.05, 4.69) is 10.3 Å². The lowest BCUT2D eigenvalue weighted by Gasteiger charge is -2.34. The van der Waals surface area contributed by atoms with Gasteiger partial charge in [-0.05, 0) is 35.4 Å². The Bertz CT molecular complexity index is 1310. The average Bonchev–Trinajstić information content (AvgIpc) is 3.43. The van der Waals surface area contributed by atoms with Gasteiger partial charge in [-0.15, -0.1) is 11.8 Å². The van der Waals surface area contributed by atoms with Gasteiger partial charge in [0.25, 0.3) is 11.8 Å². The zero-order chi connectivity index (χ0) is 28.5. The number of amides is 3. The predicted octanol–water partition coefficient (Wildman–Crippen LogP) is 2.86. The average molecular weight is 585 g/mol. The third kappa shape index (κ3) is 8.35. The summed E-state index contributed by atoms with van der Waals surface area (Å²) in [5.74, 6) is 0.377. The van der Waals surface area contributed by atoms with Crippen molar-refractivity contribution in [2.24, 2.45) is 0 Å². The van der Waals surface area contributed by atoms with Crippen molar-refractivity contribution in [3.63, 3.8) is 0 Å². The number of hydrogen-bond acceptors (Lipinski definition) is 9. The van der Waals surface area contributed by atoms with E-state index < -0.39 is 6.10 Å². The van der Waals surface area contributed by atoms with Crippen LogP contribution in [0, 0.1) is 0 Å². The normalized spacial score (nSPS) is 14.2. The Morgan fingerprint density at radius 2 is 1.77 bits per heavy atom. The third-order valence-electron chi connectivity index (χ3n) is 6.28. The zero-order valence-electron chi connectivity index (χ0n) is 22.1. The lowest BCUT2D eigenvalue weighted by molar-refractivity contribution is -0.130. The fraction of sp³-hybridized carbons (Fsp3) is 0.357. The summed E-state index contributed by atoms with van der Waals surface area (Å²) < 4.78 is 6.27. The molecule has 0 saturated carbocycles. The van der Waals surface area contributed by atoms with Crippen molar-refractivity contribution in [1.29, 1.82) is 0 Å². The lowest BCUT2D eigenvalue weighted by Crippen LogP contribution is -2.50. The van der Waals surface area contributed by atoms with Gasteiger partial charge in [0, 0.05) is 50.0 Å². The van der Waals surface area contributed by atoms with E-state index in [1.165, 1.54) is 11.3 Å². The largest absolute Gasteiger partial charge is 0.394 e. The Labute approximate surface area is 241 Å². The number of nitrogens with one attached hydrogen (secondary N) is 1. The van der Waals surface area contributed by atoms with Crippen molar-refractivity contribution in [1.82, 2.24) is 14.8 Å². The highest BCUT2D eigenvalue weighted by Gasteiger charge is 2.23. The summed E-state index contributed by atoms with van der Waals surface area (Å²) in [6.45, 7) is 3.66. The number of rotatable bonds is 11. The van der Waals surface area contributed by atoms with E-state index in [0.29, 0.717) is 48.2 Å². The molecule has 1 atom stereocenters. The quantitative estimate of drug-likeness (QED) is 0.293. The van der Waals surface area contributed by atoms with Crippen LogP contribution in [0.3, 0.4) is 0 Å². The van der Waals surface area contributed by atoms with E-state index in [0.717, 1.165) is 15.3 Å². The van der Waals surface area contributed by atoms with Gasteiger partial charge in [-0.1, -0.05) is 35.6 Å². The van der Waals surface area contributed by atoms with Crippen molar-refractivity contribution in [2.45, 2.75) is 29.6 Å². The van der Waals surface area contributed by atoms with Gasteiger partial charge < -0.3 is 24.7 Å². The van der Waals surface area contributed by atoms with Gasteiger partial charge in [-0.25, -0.2) is 4.98 Å². The van der Waals surface area contributed by atoms with Crippen LogP contribution in [-0.4, -0.2) is 88.2 Å². The minimum atomic E-state index is -0.910. The number of piperazine rings is 1. The molecule has 0 aliphatic carbocycles. The Morgan fingerprint density at radius 3 is 2.48 bits per heavy atom. The monoisotopic (exact) mass is 584 g/mol. The number of anilines is 1. The summed E-state index contributed by atoms with van der Waals surface area (Å²) in [6, 6.07) is 14.5. The van der Waals surface area contributed by atoms with Crippen molar-refractivity contribution in [3.05, 3.63) is 77.0 Å². The van der Waals surface area contributed by atoms with Crippen LogP contribution in [0.5, 0.6) is 0 Å². The molecular formula is C28H32N4O6S2. The summed E-state index contributed by atoms with van der Waals surface area (Å²) in [4.78, 5) is 45.0. The molecule has 1 aliphatic heterocycles. The van der Waals surface area contributed by atoms with Crippen LogP contribution in [0.25, 0.3) is 0 Å². The molecule has 3 amide bonds. The molecule has 10 nitrogen and oxygen atoms in total. The number of ether oxygens (including phenoxy) is 1. The van der Waals surface area contributed by atoms with E-state index in [4.69, 9.17) is 9.84 Å². The Balaban J connectivity index is 1.25. The zero-order valence-corrected chi connectivity index (χ0v) is 23.7. The summed E-state index contributed by atoms with van der Waals surface area (Å²) in [5, 5.41) is 21.5. The van der Waals surface area contributed by atoms with Crippen molar-refractivity contribution in [3.8, 4) is 0 Å². The Morgan fingerprint density at radius 1 is 1.05 bits per heavy atom. The first kappa shape index (κ1) is 29.7. The molecule has 12 heteroatoms. The number of hydrogen-bond donors (Lipinski definition) is 3. The number of carbonyl (C=O) groups excluding carboxylic acids is 3. The van der Waals surface area contributed by atoms with Crippen LogP contribution in [0.2, 0.25) is 0 Å². The number of carbonyl (C=O) groups is 3. The van der Waals surface area contributed by atoms with Gasteiger partial charge in [0.1, 0.15) is 6.10 Å². The molecule has 212 valence electrons. The molecule has 0 bridgehead atoms. The number of aromatic nitrogens is 1. The highest BCUT2D eigenvalue weighted by atomic mass is 32.2. The standard InChI is InChI=1S/C28H32N4O6S2/c1-19(34)31-9-11-32(12-10-31)27(37)23-4-2-3-21(13-23)18-39-25-14-29-28(40-25)30-26(36)22-7-5-20(6-8-22)16-38-17-24(35)15-33/h2-8,13-14,24,33,35H,9-12,15-18H2,1H3,(H,29,30,36). The van der Waals surface area contributed by atoms with Crippen LogP contribution < -0.4 is 5.32 Å². The molecule has 1 fully saturated rings. The fourth-order valence-electron chi connectivity index (χ4n) is 4.03. The van der Waals surface area contributed by atoms with Gasteiger partial charge >= 0.3 is 0 Å². The third-order valence-corrected chi connectivity index (χ3v) is 8.46. The molecule has 1 saturated heterocycles. The Hall–Kier alpha value is -3.29. The van der Waals surface area contributed by atoms with E-state index in [-0.39, 0.29) is 37.5 Å². The molecule has 1 aliphatic rings. The topological polar surface area (TPSA) is 132 Å². The highest BCUT2D eigenvalue weighted by Crippen LogP contribution is 2.31. The molecule has 1 aromatic heterocycles. The van der Waals surface area contributed by atoms with Crippen molar-refractivity contribution >= 4 is 46.0 Å². The second kappa shape index (κ2) is 14.4. The maximum atomic E-state index is 13.0. The van der Waals surface area contributed by atoms with Gasteiger partial charge in [0.05, 0.1) is 30.2 Å². The smallest absolute Gasteiger partial charge is 0.257 e. The molecule has 2 aromatic carbocycles. The maximum absolute atomic E-state index is 13.0. The summed E-state index contributed by atoms with van der Waals surface area (Å²) in [7, 11) is 0. The number of benzene rings is 2. The molecular weight excluding hydrogens is 552 g/mol. The van der Waals surface area contributed by atoms with Crippen LogP contribution >= 0.6 is 23.1 Å². The molecule has 0 spiro atoms. The number of thioether (sulfide) groups is 1. The fourth-order valence-corrected chi connectivity index (χ4v) is 5.84. The minimum Gasteiger partial charge on any atom is -0.394 e. The number of aliphatic hydroxyl groups excluding tert-OH is 2. The molecule has 3 aromatic rings. The lowest BCUT2D eigenvalue weighted by atomic mass is 10.1. The van der Waals surface area contributed by atoms with Crippen LogP contribution in [0.1, 0.15) is 38.8 Å². The van der Waals surface area contributed by atoms with E-state index >= 15 is 0 Å². The van der Waals surface area contributed by atoms with Crippen molar-refractivity contribution in [2.75, 3.05) is 44.7 Å². The number of nitrogens with zero attached hydrogens (tertiary/aromatic N) is 3. The highest BCUT2D eigenvalue weighted by molar-refractivity contribution is 8.00. The second-order valence-electron chi connectivity index (χ2n) is 9.27. The van der Waals surface area contributed by atoms with Crippen LogP contribution in [0.4, 0.5) is 5.13 Å². The van der Waals surface area contributed by atoms with Crippen molar-refractivity contribution < 1.29 is 29.3 Å². The summed E-state index contributed by atoms with van der Waals surface area (Å²) >= 11 is 2.96. The first-order chi connectivity index (χ1) is 19.3. The molecule has 3 N–H and O–H groups in total. The Kier molecular flexibility index (Phi) is 10.7. The van der Waals surface area contributed by atoms with Gasteiger partial charge in [0.15, 0.2) is 5.13 Å². The minimum absolute atomic E-state index is 0.0288.